The molecule has 1 aliphatic rings. The molecule has 5 heteroatoms. The van der Waals surface area contributed by atoms with E-state index in [1.807, 2.05) is 0 Å². The van der Waals surface area contributed by atoms with E-state index < -0.39 is 5.54 Å². The molecule has 1 saturated carbocycles. The lowest BCUT2D eigenvalue weighted by Crippen LogP contribution is -2.42. The number of hydrogen-bond acceptors (Lipinski definition) is 5. The molecule has 3 unspecified atom stereocenters. The molecule has 0 amide bonds. The van der Waals surface area contributed by atoms with E-state index in [1.165, 1.54) is 6.42 Å². The first-order valence-corrected chi connectivity index (χ1v) is 7.14. The molecule has 1 aliphatic carbocycles. The fourth-order valence-corrected chi connectivity index (χ4v) is 2.98. The molecule has 0 radical (unpaired) electrons. The normalized spacial score (nSPS) is 29.4. The van der Waals surface area contributed by atoms with E-state index in [0.717, 1.165) is 25.7 Å². The van der Waals surface area contributed by atoms with Crippen molar-refractivity contribution in [2.75, 3.05) is 13.7 Å². The molecule has 1 aromatic heterocycles. The monoisotopic (exact) mass is 267 g/mol. The molecule has 0 aliphatic heterocycles. The summed E-state index contributed by atoms with van der Waals surface area (Å²) in [5.74, 6) is 2.35. The van der Waals surface area contributed by atoms with Gasteiger partial charge in [-0.25, -0.2) is 0 Å². The number of rotatable bonds is 5. The first kappa shape index (κ1) is 14.5. The molecular formula is C14H25N3O2. The van der Waals surface area contributed by atoms with Gasteiger partial charge in [0.05, 0.1) is 5.54 Å². The third-order valence-corrected chi connectivity index (χ3v) is 3.92. The van der Waals surface area contributed by atoms with E-state index in [9.17, 15) is 0 Å². The Morgan fingerprint density at radius 2 is 2.37 bits per heavy atom. The van der Waals surface area contributed by atoms with Crippen molar-refractivity contribution >= 4 is 0 Å². The molecule has 19 heavy (non-hydrogen) atoms. The van der Waals surface area contributed by atoms with Crippen LogP contribution in [0.5, 0.6) is 0 Å². The molecule has 1 fully saturated rings. The van der Waals surface area contributed by atoms with Crippen LogP contribution >= 0.6 is 0 Å². The van der Waals surface area contributed by atoms with Gasteiger partial charge in [-0.2, -0.15) is 4.98 Å². The Bertz CT molecular complexity index is 407. The number of aromatic nitrogens is 2. The highest BCUT2D eigenvalue weighted by molar-refractivity contribution is 5.06. The number of nitrogens with two attached hydrogens (primary N) is 1. The standard InChI is InChI=1S/C14H25N3O2/c1-10-5-4-6-14(15,8-10)13-16-12(19-17-13)7-11(2)9-18-3/h10-11H,4-9,15H2,1-3H3. The van der Waals surface area contributed by atoms with E-state index in [4.69, 9.17) is 15.0 Å². The fraction of sp³-hybridized carbons (Fsp3) is 0.857. The minimum Gasteiger partial charge on any atom is -0.384 e. The molecule has 0 aromatic carbocycles. The zero-order chi connectivity index (χ0) is 13.9. The van der Waals surface area contributed by atoms with Gasteiger partial charge in [0.1, 0.15) is 0 Å². The lowest BCUT2D eigenvalue weighted by molar-refractivity contribution is 0.154. The van der Waals surface area contributed by atoms with Crippen LogP contribution in [0.15, 0.2) is 4.52 Å². The Kier molecular flexibility index (Phi) is 4.58. The van der Waals surface area contributed by atoms with Gasteiger partial charge < -0.3 is 15.0 Å². The van der Waals surface area contributed by atoms with Gasteiger partial charge in [0.15, 0.2) is 5.82 Å². The van der Waals surface area contributed by atoms with Gasteiger partial charge in [-0.3, -0.25) is 0 Å². The van der Waals surface area contributed by atoms with Crippen molar-refractivity contribution < 1.29 is 9.26 Å². The molecule has 5 nitrogen and oxygen atoms in total. The maximum absolute atomic E-state index is 6.46. The smallest absolute Gasteiger partial charge is 0.227 e. The van der Waals surface area contributed by atoms with Crippen LogP contribution in [-0.4, -0.2) is 23.9 Å². The molecule has 1 heterocycles. The highest BCUT2D eigenvalue weighted by Gasteiger charge is 2.37. The van der Waals surface area contributed by atoms with E-state index in [0.29, 0.717) is 30.2 Å². The first-order chi connectivity index (χ1) is 9.03. The Hall–Kier alpha value is -0.940. The lowest BCUT2D eigenvalue weighted by atomic mass is 9.76. The summed E-state index contributed by atoms with van der Waals surface area (Å²) in [7, 11) is 1.70. The second kappa shape index (κ2) is 6.01. The molecule has 1 aromatic rings. The molecule has 3 atom stereocenters. The Labute approximate surface area is 114 Å². The lowest BCUT2D eigenvalue weighted by Gasteiger charge is -2.33. The predicted octanol–water partition coefficient (Wildman–Crippen LogP) is 2.26. The highest BCUT2D eigenvalue weighted by atomic mass is 16.5. The maximum Gasteiger partial charge on any atom is 0.227 e. The average Bonchev–Trinajstić information content (AvgIpc) is 2.78. The third kappa shape index (κ3) is 3.54. The topological polar surface area (TPSA) is 74.2 Å². The Morgan fingerprint density at radius 1 is 1.58 bits per heavy atom. The van der Waals surface area contributed by atoms with Gasteiger partial charge in [0.25, 0.3) is 0 Å². The van der Waals surface area contributed by atoms with Crippen LogP contribution in [0.3, 0.4) is 0 Å². The minimum atomic E-state index is -0.399. The number of methoxy groups -OCH3 is 1. The van der Waals surface area contributed by atoms with Gasteiger partial charge in [-0.15, -0.1) is 0 Å². The largest absolute Gasteiger partial charge is 0.384 e. The third-order valence-electron chi connectivity index (χ3n) is 3.92. The second-order valence-electron chi connectivity index (χ2n) is 6.13. The molecular weight excluding hydrogens is 242 g/mol. The highest BCUT2D eigenvalue weighted by Crippen LogP contribution is 2.36. The quantitative estimate of drug-likeness (QED) is 0.885. The molecule has 108 valence electrons. The zero-order valence-electron chi connectivity index (χ0n) is 12.2. The predicted molar refractivity (Wildman–Crippen MR) is 72.5 cm³/mol. The summed E-state index contributed by atoms with van der Waals surface area (Å²) in [5, 5.41) is 4.11. The summed E-state index contributed by atoms with van der Waals surface area (Å²) >= 11 is 0. The van der Waals surface area contributed by atoms with Gasteiger partial charge >= 0.3 is 0 Å². The van der Waals surface area contributed by atoms with Crippen molar-refractivity contribution in [3.63, 3.8) is 0 Å². The second-order valence-corrected chi connectivity index (χ2v) is 6.13. The molecule has 0 spiro atoms. The van der Waals surface area contributed by atoms with Crippen molar-refractivity contribution in [1.82, 2.24) is 10.1 Å². The van der Waals surface area contributed by atoms with Crippen molar-refractivity contribution in [2.45, 2.75) is 51.5 Å². The van der Waals surface area contributed by atoms with Crippen LogP contribution in [0.1, 0.15) is 51.2 Å². The maximum atomic E-state index is 6.46. The van der Waals surface area contributed by atoms with Gasteiger partial charge in [-0.1, -0.05) is 31.8 Å². The number of ether oxygens (including phenoxy) is 1. The fourth-order valence-electron chi connectivity index (χ4n) is 2.98. The van der Waals surface area contributed by atoms with Crippen molar-refractivity contribution in [3.05, 3.63) is 11.7 Å². The van der Waals surface area contributed by atoms with Crippen molar-refractivity contribution in [2.24, 2.45) is 17.6 Å². The zero-order valence-corrected chi connectivity index (χ0v) is 12.2. The van der Waals surface area contributed by atoms with Crippen molar-refractivity contribution in [3.8, 4) is 0 Å². The minimum absolute atomic E-state index is 0.373. The summed E-state index contributed by atoms with van der Waals surface area (Å²) in [6.45, 7) is 5.04. The SMILES string of the molecule is COCC(C)Cc1nc(C2(N)CCCC(C)C2)no1. The molecule has 0 bridgehead atoms. The summed E-state index contributed by atoms with van der Waals surface area (Å²) < 4.78 is 10.5. The number of nitrogens with zero attached hydrogens (tertiary/aromatic N) is 2. The van der Waals surface area contributed by atoms with Crippen LogP contribution in [0, 0.1) is 11.8 Å². The average molecular weight is 267 g/mol. The summed E-state index contributed by atoms with van der Waals surface area (Å²) in [4.78, 5) is 4.50. The van der Waals surface area contributed by atoms with Crippen molar-refractivity contribution in [1.29, 1.82) is 0 Å². The first-order valence-electron chi connectivity index (χ1n) is 7.14. The molecule has 2 N–H and O–H groups in total. The summed E-state index contributed by atoms with van der Waals surface area (Å²) in [6.07, 6.45) is 5.02. The van der Waals surface area contributed by atoms with Gasteiger partial charge in [-0.05, 0) is 24.7 Å². The van der Waals surface area contributed by atoms with E-state index in [-0.39, 0.29) is 0 Å². The molecule has 0 saturated heterocycles. The van der Waals surface area contributed by atoms with Gasteiger partial charge in [0.2, 0.25) is 5.89 Å². The van der Waals surface area contributed by atoms with Crippen LogP contribution < -0.4 is 5.73 Å². The Balaban J connectivity index is 2.03. The van der Waals surface area contributed by atoms with Crippen LogP contribution in [0.2, 0.25) is 0 Å². The van der Waals surface area contributed by atoms with Crippen LogP contribution in [-0.2, 0) is 16.7 Å². The Morgan fingerprint density at radius 3 is 3.05 bits per heavy atom. The van der Waals surface area contributed by atoms with E-state index in [2.05, 4.69) is 24.0 Å². The van der Waals surface area contributed by atoms with Crippen LogP contribution in [0.25, 0.3) is 0 Å². The molecule has 2 rings (SSSR count). The summed E-state index contributed by atoms with van der Waals surface area (Å²) in [5.41, 5.74) is 6.07. The number of hydrogen-bond donors (Lipinski definition) is 1. The summed E-state index contributed by atoms with van der Waals surface area (Å²) in [6, 6.07) is 0. The van der Waals surface area contributed by atoms with Crippen LogP contribution in [0.4, 0.5) is 0 Å². The van der Waals surface area contributed by atoms with Gasteiger partial charge in [0, 0.05) is 20.1 Å². The van der Waals surface area contributed by atoms with E-state index >= 15 is 0 Å². The van der Waals surface area contributed by atoms with E-state index in [1.54, 1.807) is 7.11 Å².